The number of benzene rings is 2. The van der Waals surface area contributed by atoms with Crippen molar-refractivity contribution in [2.24, 2.45) is 0 Å². The summed E-state index contributed by atoms with van der Waals surface area (Å²) < 4.78 is 19.8. The Hall–Kier alpha value is -3.19. The number of carbonyl (C=O) groups excluding carboxylic acids is 2. The van der Waals surface area contributed by atoms with Gasteiger partial charge < -0.3 is 20.7 Å². The first-order valence-electron chi connectivity index (χ1n) is 10.6. The Morgan fingerprint density at radius 1 is 1.09 bits per heavy atom. The van der Waals surface area contributed by atoms with Gasteiger partial charge in [0, 0.05) is 29.9 Å². The largest absolute Gasteiger partial charge is 0.444 e. The smallest absolute Gasteiger partial charge is 0.407 e. The third kappa shape index (κ3) is 7.81. The quantitative estimate of drug-likeness (QED) is 0.532. The van der Waals surface area contributed by atoms with E-state index in [1.807, 2.05) is 20.0 Å². The van der Waals surface area contributed by atoms with Crippen LogP contribution in [0.1, 0.15) is 55.6 Å². The summed E-state index contributed by atoms with van der Waals surface area (Å²) in [5.41, 5.74) is 2.51. The van der Waals surface area contributed by atoms with Gasteiger partial charge >= 0.3 is 6.09 Å². The number of carbonyl (C=O) groups is 2. The first-order chi connectivity index (χ1) is 15.1. The highest BCUT2D eigenvalue weighted by Crippen LogP contribution is 2.24. The van der Waals surface area contributed by atoms with E-state index in [2.05, 4.69) is 16.0 Å². The number of hydrogen-bond donors (Lipinski definition) is 3. The number of anilines is 1. The van der Waals surface area contributed by atoms with Crippen molar-refractivity contribution in [3.63, 3.8) is 0 Å². The predicted octanol–water partition coefficient (Wildman–Crippen LogP) is 5.12. The lowest BCUT2D eigenvalue weighted by Crippen LogP contribution is -2.32. The molecular weight excluding hydrogens is 409 g/mol. The van der Waals surface area contributed by atoms with Crippen LogP contribution in [-0.4, -0.2) is 31.2 Å². The van der Waals surface area contributed by atoms with Crippen LogP contribution in [0.2, 0.25) is 0 Å². The van der Waals surface area contributed by atoms with Gasteiger partial charge in [0.15, 0.2) is 0 Å². The molecule has 0 saturated heterocycles. The SMILES string of the molecule is CC/C(=C\CNC)c1ccc(NC(=O)c2ccc(CNC(=O)OC(C)(C)C)cc2)cc1F. The summed E-state index contributed by atoms with van der Waals surface area (Å²) in [5.74, 6) is -0.721. The van der Waals surface area contributed by atoms with Crippen molar-refractivity contribution in [3.8, 4) is 0 Å². The monoisotopic (exact) mass is 441 g/mol. The van der Waals surface area contributed by atoms with Crippen LogP contribution in [0.25, 0.3) is 5.57 Å². The van der Waals surface area contributed by atoms with E-state index in [4.69, 9.17) is 4.74 Å². The molecule has 0 aliphatic carbocycles. The van der Waals surface area contributed by atoms with Crippen LogP contribution in [0.4, 0.5) is 14.9 Å². The molecule has 0 fully saturated rings. The van der Waals surface area contributed by atoms with Crippen molar-refractivity contribution >= 4 is 23.3 Å². The summed E-state index contributed by atoms with van der Waals surface area (Å²) in [5, 5.41) is 8.41. The van der Waals surface area contributed by atoms with Gasteiger partial charge in [0.25, 0.3) is 5.91 Å². The van der Waals surface area contributed by atoms with Crippen LogP contribution in [0.15, 0.2) is 48.5 Å². The van der Waals surface area contributed by atoms with Crippen molar-refractivity contribution in [2.45, 2.75) is 46.3 Å². The molecule has 0 bridgehead atoms. The molecule has 0 heterocycles. The van der Waals surface area contributed by atoms with Gasteiger partial charge in [-0.05, 0) is 75.7 Å². The molecule has 0 aromatic heterocycles. The number of ether oxygens (including phenoxy) is 1. The number of nitrogens with one attached hydrogen (secondary N) is 3. The van der Waals surface area contributed by atoms with Crippen molar-refractivity contribution in [3.05, 3.63) is 71.0 Å². The number of alkyl carbamates (subject to hydrolysis) is 1. The van der Waals surface area contributed by atoms with Gasteiger partial charge in [-0.25, -0.2) is 9.18 Å². The lowest BCUT2D eigenvalue weighted by atomic mass is 10.0. The van der Waals surface area contributed by atoms with Gasteiger partial charge in [0.05, 0.1) is 0 Å². The molecule has 6 nitrogen and oxygen atoms in total. The van der Waals surface area contributed by atoms with E-state index in [0.717, 1.165) is 11.1 Å². The first-order valence-corrected chi connectivity index (χ1v) is 10.6. The molecule has 3 N–H and O–H groups in total. The number of halogens is 1. The van der Waals surface area contributed by atoms with Crippen molar-refractivity contribution in [2.75, 3.05) is 18.9 Å². The Morgan fingerprint density at radius 3 is 2.34 bits per heavy atom. The summed E-state index contributed by atoms with van der Waals surface area (Å²) in [7, 11) is 1.84. The Labute approximate surface area is 189 Å². The minimum absolute atomic E-state index is 0.282. The average Bonchev–Trinajstić information content (AvgIpc) is 2.73. The lowest BCUT2D eigenvalue weighted by Gasteiger charge is -2.19. The predicted molar refractivity (Wildman–Crippen MR) is 126 cm³/mol. The number of likely N-dealkylation sites (N-methyl/N-ethyl adjacent to an activating group) is 1. The van der Waals surface area contributed by atoms with Crippen LogP contribution in [0.5, 0.6) is 0 Å². The normalized spacial score (nSPS) is 11.8. The Bertz CT molecular complexity index is 963. The maximum Gasteiger partial charge on any atom is 0.407 e. The number of amides is 2. The molecule has 2 aromatic rings. The summed E-state index contributed by atoms with van der Waals surface area (Å²) in [6.07, 6.45) is 2.16. The van der Waals surface area contributed by atoms with E-state index < -0.39 is 11.7 Å². The molecule has 32 heavy (non-hydrogen) atoms. The Kier molecular flexibility index (Phi) is 8.96. The molecule has 0 saturated carbocycles. The number of hydrogen-bond acceptors (Lipinski definition) is 4. The Morgan fingerprint density at radius 2 is 1.78 bits per heavy atom. The van der Waals surface area contributed by atoms with E-state index >= 15 is 0 Å². The topological polar surface area (TPSA) is 79.5 Å². The maximum atomic E-state index is 14.6. The van der Waals surface area contributed by atoms with Gasteiger partial charge in [-0.1, -0.05) is 25.1 Å². The fourth-order valence-corrected chi connectivity index (χ4v) is 2.99. The molecule has 2 rings (SSSR count). The summed E-state index contributed by atoms with van der Waals surface area (Å²) in [6.45, 7) is 8.30. The molecule has 0 aliphatic heterocycles. The molecular formula is C25H32FN3O3. The van der Waals surface area contributed by atoms with Gasteiger partial charge in [-0.15, -0.1) is 0 Å². The first kappa shape index (κ1) is 25.1. The zero-order valence-corrected chi connectivity index (χ0v) is 19.3. The van der Waals surface area contributed by atoms with Crippen LogP contribution in [0, 0.1) is 5.82 Å². The lowest BCUT2D eigenvalue weighted by molar-refractivity contribution is 0.0523. The molecule has 0 atom stereocenters. The highest BCUT2D eigenvalue weighted by Gasteiger charge is 2.16. The molecule has 2 amide bonds. The molecule has 2 aromatic carbocycles. The van der Waals surface area contributed by atoms with E-state index in [1.54, 1.807) is 57.2 Å². The van der Waals surface area contributed by atoms with Gasteiger partial charge in [-0.2, -0.15) is 0 Å². The zero-order chi connectivity index (χ0) is 23.7. The fraction of sp³-hybridized carbons (Fsp3) is 0.360. The van der Waals surface area contributed by atoms with Gasteiger partial charge in [-0.3, -0.25) is 4.79 Å². The van der Waals surface area contributed by atoms with Gasteiger partial charge in [0.1, 0.15) is 11.4 Å². The maximum absolute atomic E-state index is 14.6. The number of allylic oxidation sites excluding steroid dienone is 1. The summed E-state index contributed by atoms with van der Waals surface area (Å²) >= 11 is 0. The Balaban J connectivity index is 1.99. The third-order valence-electron chi connectivity index (χ3n) is 4.56. The number of rotatable bonds is 8. The molecule has 0 unspecified atom stereocenters. The fourth-order valence-electron chi connectivity index (χ4n) is 2.99. The van der Waals surface area contributed by atoms with E-state index in [-0.39, 0.29) is 18.3 Å². The third-order valence-corrected chi connectivity index (χ3v) is 4.56. The second kappa shape index (κ2) is 11.4. The average molecular weight is 442 g/mol. The van der Waals surface area contributed by atoms with Crippen molar-refractivity contribution < 1.29 is 18.7 Å². The molecule has 0 aliphatic rings. The van der Waals surface area contributed by atoms with Crippen molar-refractivity contribution in [1.82, 2.24) is 10.6 Å². The second-order valence-electron chi connectivity index (χ2n) is 8.34. The summed E-state index contributed by atoms with van der Waals surface area (Å²) in [4.78, 5) is 24.3. The standard InChI is InChI=1S/C25H32FN3O3/c1-6-18(13-14-27-5)21-12-11-20(15-22(21)26)29-23(30)19-9-7-17(8-10-19)16-28-24(31)32-25(2,3)4/h7-13,15,27H,6,14,16H2,1-5H3,(H,28,31)(H,29,30)/b18-13+. The van der Waals surface area contributed by atoms with E-state index in [1.165, 1.54) is 6.07 Å². The molecule has 0 radical (unpaired) electrons. The van der Waals surface area contributed by atoms with Gasteiger partial charge in [0.2, 0.25) is 0 Å². The molecule has 0 spiro atoms. The van der Waals surface area contributed by atoms with Crippen LogP contribution < -0.4 is 16.0 Å². The summed E-state index contributed by atoms with van der Waals surface area (Å²) in [6, 6.07) is 11.5. The molecule has 7 heteroatoms. The minimum Gasteiger partial charge on any atom is -0.444 e. The van der Waals surface area contributed by atoms with Crippen LogP contribution >= 0.6 is 0 Å². The highest BCUT2D eigenvalue weighted by atomic mass is 19.1. The van der Waals surface area contributed by atoms with Crippen LogP contribution in [-0.2, 0) is 11.3 Å². The minimum atomic E-state index is -0.565. The van der Waals surface area contributed by atoms with E-state index in [9.17, 15) is 14.0 Å². The van der Waals surface area contributed by atoms with Crippen LogP contribution in [0.3, 0.4) is 0 Å². The van der Waals surface area contributed by atoms with Crippen molar-refractivity contribution in [1.29, 1.82) is 0 Å². The highest BCUT2D eigenvalue weighted by molar-refractivity contribution is 6.04. The molecule has 172 valence electrons. The second-order valence-corrected chi connectivity index (χ2v) is 8.34. The zero-order valence-electron chi connectivity index (χ0n) is 19.3. The van der Waals surface area contributed by atoms with E-state index in [0.29, 0.717) is 29.8 Å².